The molecular formula is C9H5Cl2N3OS. The van der Waals surface area contributed by atoms with Gasteiger partial charge >= 0.3 is 0 Å². The Bertz CT molecular complexity index is 529. The van der Waals surface area contributed by atoms with E-state index in [0.717, 1.165) is 0 Å². The number of carbonyl (C=O) groups is 1. The van der Waals surface area contributed by atoms with Crippen molar-refractivity contribution in [1.82, 2.24) is 9.97 Å². The van der Waals surface area contributed by atoms with Crippen molar-refractivity contribution in [2.75, 3.05) is 5.32 Å². The van der Waals surface area contributed by atoms with E-state index in [1.54, 1.807) is 12.1 Å². The molecule has 0 saturated heterocycles. The maximum absolute atomic E-state index is 11.7. The van der Waals surface area contributed by atoms with Gasteiger partial charge in [-0.05, 0) is 18.2 Å². The third kappa shape index (κ3) is 2.69. The van der Waals surface area contributed by atoms with E-state index >= 15 is 0 Å². The standard InChI is InChI=1S/C9H5Cl2N3OS/c10-6-3-4-12-9(13-6)14-8(15)5-1-2-7(11)16-5/h1-4H,(H,12,13,14,15). The van der Waals surface area contributed by atoms with Gasteiger partial charge < -0.3 is 0 Å². The van der Waals surface area contributed by atoms with Crippen molar-refractivity contribution in [3.63, 3.8) is 0 Å². The number of carbonyl (C=O) groups excluding carboxylic acids is 1. The third-order valence-corrected chi connectivity index (χ3v) is 3.08. The molecule has 0 aromatic carbocycles. The van der Waals surface area contributed by atoms with Gasteiger partial charge in [0.25, 0.3) is 5.91 Å². The largest absolute Gasteiger partial charge is 0.290 e. The van der Waals surface area contributed by atoms with Gasteiger partial charge in [0.1, 0.15) is 5.15 Å². The molecule has 1 N–H and O–H groups in total. The highest BCUT2D eigenvalue weighted by molar-refractivity contribution is 7.18. The maximum Gasteiger partial charge on any atom is 0.268 e. The maximum atomic E-state index is 11.7. The summed E-state index contributed by atoms with van der Waals surface area (Å²) in [6, 6.07) is 4.81. The summed E-state index contributed by atoms with van der Waals surface area (Å²) >= 11 is 12.6. The number of hydrogen-bond donors (Lipinski definition) is 1. The van der Waals surface area contributed by atoms with Crippen molar-refractivity contribution in [1.29, 1.82) is 0 Å². The summed E-state index contributed by atoms with van der Waals surface area (Å²) in [6.45, 7) is 0. The lowest BCUT2D eigenvalue weighted by Gasteiger charge is -2.00. The lowest BCUT2D eigenvalue weighted by atomic mass is 10.4. The highest BCUT2D eigenvalue weighted by Gasteiger charge is 2.10. The van der Waals surface area contributed by atoms with Gasteiger partial charge in [-0.2, -0.15) is 0 Å². The monoisotopic (exact) mass is 273 g/mol. The third-order valence-electron chi connectivity index (χ3n) is 1.64. The average molecular weight is 274 g/mol. The Kier molecular flexibility index (Phi) is 3.38. The van der Waals surface area contributed by atoms with E-state index in [2.05, 4.69) is 15.3 Å². The van der Waals surface area contributed by atoms with E-state index in [-0.39, 0.29) is 17.0 Å². The molecule has 0 saturated carbocycles. The van der Waals surface area contributed by atoms with Crippen LogP contribution in [0.2, 0.25) is 9.49 Å². The van der Waals surface area contributed by atoms with Crippen LogP contribution < -0.4 is 5.32 Å². The molecular weight excluding hydrogens is 269 g/mol. The number of halogens is 2. The molecule has 4 nitrogen and oxygen atoms in total. The van der Waals surface area contributed by atoms with Crippen molar-refractivity contribution < 1.29 is 4.79 Å². The summed E-state index contributed by atoms with van der Waals surface area (Å²) in [4.78, 5) is 19.8. The van der Waals surface area contributed by atoms with Crippen LogP contribution in [0, 0.1) is 0 Å². The van der Waals surface area contributed by atoms with E-state index in [0.29, 0.717) is 9.21 Å². The van der Waals surface area contributed by atoms with Gasteiger partial charge in [-0.15, -0.1) is 11.3 Å². The fourth-order valence-corrected chi connectivity index (χ4v) is 2.07. The van der Waals surface area contributed by atoms with Crippen LogP contribution in [-0.4, -0.2) is 15.9 Å². The fourth-order valence-electron chi connectivity index (χ4n) is 0.996. The van der Waals surface area contributed by atoms with E-state index in [4.69, 9.17) is 23.2 Å². The minimum atomic E-state index is -0.306. The number of hydrogen-bond acceptors (Lipinski definition) is 4. The summed E-state index contributed by atoms with van der Waals surface area (Å²) in [5.41, 5.74) is 0. The first-order valence-corrected chi connectivity index (χ1v) is 5.77. The van der Waals surface area contributed by atoms with Crippen LogP contribution in [0.15, 0.2) is 24.4 Å². The molecule has 2 aromatic heterocycles. The molecule has 7 heteroatoms. The molecule has 16 heavy (non-hydrogen) atoms. The first kappa shape index (κ1) is 11.3. The molecule has 0 spiro atoms. The van der Waals surface area contributed by atoms with E-state index in [1.807, 2.05) is 0 Å². The zero-order valence-corrected chi connectivity index (χ0v) is 10.1. The molecule has 0 aliphatic heterocycles. The Labute approximate surface area is 105 Å². The summed E-state index contributed by atoms with van der Waals surface area (Å²) < 4.78 is 0.553. The average Bonchev–Trinajstić information content (AvgIpc) is 2.65. The summed E-state index contributed by atoms with van der Waals surface area (Å²) in [6.07, 6.45) is 1.46. The lowest BCUT2D eigenvalue weighted by Crippen LogP contribution is -2.12. The zero-order valence-electron chi connectivity index (χ0n) is 7.78. The molecule has 0 radical (unpaired) electrons. The highest BCUT2D eigenvalue weighted by atomic mass is 35.5. The van der Waals surface area contributed by atoms with Crippen molar-refractivity contribution in [2.45, 2.75) is 0 Å². The first-order valence-electron chi connectivity index (χ1n) is 4.20. The van der Waals surface area contributed by atoms with E-state index in [9.17, 15) is 4.79 Å². The van der Waals surface area contributed by atoms with Crippen LogP contribution in [0.4, 0.5) is 5.95 Å². The number of aromatic nitrogens is 2. The number of anilines is 1. The van der Waals surface area contributed by atoms with Crippen LogP contribution in [0.1, 0.15) is 9.67 Å². The minimum absolute atomic E-state index is 0.169. The Balaban J connectivity index is 2.13. The van der Waals surface area contributed by atoms with Gasteiger partial charge in [-0.3, -0.25) is 10.1 Å². The summed E-state index contributed by atoms with van der Waals surface area (Å²) in [7, 11) is 0. The lowest BCUT2D eigenvalue weighted by molar-refractivity contribution is 0.102. The Morgan fingerprint density at radius 1 is 1.31 bits per heavy atom. The second-order valence-corrected chi connectivity index (χ2v) is 4.86. The molecule has 2 heterocycles. The van der Waals surface area contributed by atoms with Gasteiger partial charge in [0.2, 0.25) is 5.95 Å². The number of rotatable bonds is 2. The van der Waals surface area contributed by atoms with Gasteiger partial charge in [0.15, 0.2) is 0 Å². The molecule has 1 amide bonds. The van der Waals surface area contributed by atoms with Crippen molar-refractivity contribution in [3.05, 3.63) is 38.8 Å². The number of nitrogens with zero attached hydrogens (tertiary/aromatic N) is 2. The molecule has 0 atom stereocenters. The van der Waals surface area contributed by atoms with Crippen molar-refractivity contribution in [2.24, 2.45) is 0 Å². The Morgan fingerprint density at radius 3 is 2.75 bits per heavy atom. The van der Waals surface area contributed by atoms with Crippen LogP contribution in [0.25, 0.3) is 0 Å². The molecule has 0 unspecified atom stereocenters. The minimum Gasteiger partial charge on any atom is -0.290 e. The molecule has 82 valence electrons. The van der Waals surface area contributed by atoms with Crippen LogP contribution in [-0.2, 0) is 0 Å². The Hall–Kier alpha value is -1.17. The molecule has 0 aliphatic carbocycles. The number of amides is 1. The molecule has 0 aliphatic rings. The first-order chi connectivity index (χ1) is 7.65. The van der Waals surface area contributed by atoms with Gasteiger partial charge in [0.05, 0.1) is 9.21 Å². The predicted octanol–water partition coefficient (Wildman–Crippen LogP) is 3.10. The van der Waals surface area contributed by atoms with E-state index in [1.165, 1.54) is 23.6 Å². The van der Waals surface area contributed by atoms with Crippen molar-refractivity contribution >= 4 is 46.4 Å². The Morgan fingerprint density at radius 2 is 2.12 bits per heavy atom. The zero-order chi connectivity index (χ0) is 11.5. The smallest absolute Gasteiger partial charge is 0.268 e. The van der Waals surface area contributed by atoms with Crippen molar-refractivity contribution in [3.8, 4) is 0 Å². The normalized spacial score (nSPS) is 10.1. The van der Waals surface area contributed by atoms with Gasteiger partial charge in [-0.25, -0.2) is 9.97 Å². The summed E-state index contributed by atoms with van der Waals surface area (Å²) in [5, 5.41) is 2.79. The molecule has 0 bridgehead atoms. The van der Waals surface area contributed by atoms with Gasteiger partial charge in [0, 0.05) is 6.20 Å². The van der Waals surface area contributed by atoms with Crippen LogP contribution in [0.5, 0.6) is 0 Å². The summed E-state index contributed by atoms with van der Waals surface area (Å²) in [5.74, 6) is -0.138. The number of nitrogens with one attached hydrogen (secondary N) is 1. The predicted molar refractivity (Wildman–Crippen MR) is 64.3 cm³/mol. The van der Waals surface area contributed by atoms with Gasteiger partial charge in [-0.1, -0.05) is 23.2 Å². The second kappa shape index (κ2) is 4.78. The molecule has 2 rings (SSSR count). The quantitative estimate of drug-likeness (QED) is 0.856. The highest BCUT2D eigenvalue weighted by Crippen LogP contribution is 2.21. The van der Waals surface area contributed by atoms with E-state index < -0.39 is 0 Å². The molecule has 0 fully saturated rings. The second-order valence-electron chi connectivity index (χ2n) is 2.76. The topological polar surface area (TPSA) is 54.9 Å². The SMILES string of the molecule is O=C(Nc1nccc(Cl)n1)c1ccc(Cl)s1. The fraction of sp³-hybridized carbons (Fsp3) is 0. The number of thiophene rings is 1. The van der Waals surface area contributed by atoms with Crippen LogP contribution >= 0.6 is 34.5 Å². The van der Waals surface area contributed by atoms with Crippen LogP contribution in [0.3, 0.4) is 0 Å². The molecule has 2 aromatic rings.